The number of benzene rings is 2. The third kappa shape index (κ3) is 6.77. The van der Waals surface area contributed by atoms with Gasteiger partial charge in [0, 0.05) is 36.0 Å². The van der Waals surface area contributed by atoms with E-state index in [-0.39, 0.29) is 5.91 Å². The van der Waals surface area contributed by atoms with E-state index in [0.717, 1.165) is 59.2 Å². The molecule has 3 aromatic rings. The molecule has 0 spiro atoms. The summed E-state index contributed by atoms with van der Waals surface area (Å²) in [5.74, 6) is 1.69. The highest BCUT2D eigenvalue weighted by atomic mass is 16.5. The smallest absolute Gasteiger partial charge is 0.258 e. The minimum atomic E-state index is 0.00708. The average molecular weight is 543 g/mol. The zero-order valence-corrected chi connectivity index (χ0v) is 25.1. The van der Waals surface area contributed by atoms with Crippen molar-refractivity contribution in [1.29, 1.82) is 0 Å². The van der Waals surface area contributed by atoms with Gasteiger partial charge in [-0.05, 0) is 105 Å². The summed E-state index contributed by atoms with van der Waals surface area (Å²) in [7, 11) is 1.97. The summed E-state index contributed by atoms with van der Waals surface area (Å²) in [6.45, 7) is 14.0. The molecule has 5 rings (SSSR count). The minimum absolute atomic E-state index is 0.00708. The van der Waals surface area contributed by atoms with Gasteiger partial charge in [-0.15, -0.1) is 0 Å². The van der Waals surface area contributed by atoms with Gasteiger partial charge in [0.1, 0.15) is 5.75 Å². The molecular formula is C34H46N4O2. The molecule has 1 amide bonds. The van der Waals surface area contributed by atoms with Crippen molar-refractivity contribution >= 4 is 11.6 Å². The van der Waals surface area contributed by atoms with Gasteiger partial charge < -0.3 is 14.5 Å². The van der Waals surface area contributed by atoms with Crippen molar-refractivity contribution in [3.8, 4) is 5.75 Å². The number of amides is 1. The van der Waals surface area contributed by atoms with Crippen LogP contribution in [-0.4, -0.2) is 46.8 Å². The number of likely N-dealkylation sites (tertiary alicyclic amines) is 1. The molecule has 0 bridgehead atoms. The molecule has 1 saturated heterocycles. The number of anilines is 1. The molecule has 1 aromatic heterocycles. The van der Waals surface area contributed by atoms with E-state index >= 15 is 0 Å². The maximum absolute atomic E-state index is 13.8. The third-order valence-corrected chi connectivity index (χ3v) is 8.68. The second kappa shape index (κ2) is 12.2. The largest absolute Gasteiger partial charge is 0.493 e. The summed E-state index contributed by atoms with van der Waals surface area (Å²) in [5, 5.41) is 4.45. The van der Waals surface area contributed by atoms with E-state index in [0.29, 0.717) is 17.5 Å². The molecule has 0 radical (unpaired) electrons. The number of aromatic nitrogens is 2. The van der Waals surface area contributed by atoms with Gasteiger partial charge >= 0.3 is 0 Å². The van der Waals surface area contributed by atoms with Crippen LogP contribution in [0.3, 0.4) is 0 Å². The summed E-state index contributed by atoms with van der Waals surface area (Å²) in [6.07, 6.45) is 8.85. The van der Waals surface area contributed by atoms with Crippen molar-refractivity contribution < 1.29 is 9.53 Å². The highest BCUT2D eigenvalue weighted by Gasteiger charge is 2.27. The fourth-order valence-corrected chi connectivity index (χ4v) is 6.06. The lowest BCUT2D eigenvalue weighted by Crippen LogP contribution is -2.35. The molecule has 0 unspecified atom stereocenters. The van der Waals surface area contributed by atoms with Gasteiger partial charge in [0.15, 0.2) is 0 Å². The number of carbonyl (C=O) groups excluding carboxylic acids is 1. The van der Waals surface area contributed by atoms with Crippen LogP contribution in [0, 0.1) is 18.3 Å². The number of ether oxygens (including phenoxy) is 1. The molecule has 3 heterocycles. The van der Waals surface area contributed by atoms with Crippen LogP contribution in [0.25, 0.3) is 0 Å². The molecule has 0 atom stereocenters. The van der Waals surface area contributed by atoms with E-state index in [1.807, 2.05) is 66.1 Å². The van der Waals surface area contributed by atoms with Gasteiger partial charge in [-0.3, -0.25) is 9.48 Å². The maximum atomic E-state index is 13.8. The number of nitrogens with zero attached hydrogens (tertiary/aromatic N) is 4. The Balaban J connectivity index is 1.14. The van der Waals surface area contributed by atoms with E-state index < -0.39 is 0 Å². The molecule has 214 valence electrons. The Kier molecular flexibility index (Phi) is 8.65. The Morgan fingerprint density at radius 1 is 1.07 bits per heavy atom. The van der Waals surface area contributed by atoms with Crippen LogP contribution in [0.5, 0.6) is 5.75 Å². The first kappa shape index (κ1) is 28.4. The van der Waals surface area contributed by atoms with Crippen LogP contribution in [-0.2, 0) is 20.0 Å². The molecule has 0 aliphatic carbocycles. The molecule has 0 N–H and O–H groups in total. The van der Waals surface area contributed by atoms with E-state index in [1.165, 1.54) is 45.3 Å². The Bertz CT molecular complexity index is 1310. The highest BCUT2D eigenvalue weighted by Crippen LogP contribution is 2.32. The van der Waals surface area contributed by atoms with Crippen LogP contribution >= 0.6 is 0 Å². The van der Waals surface area contributed by atoms with Crippen molar-refractivity contribution in [2.45, 2.75) is 72.8 Å². The van der Waals surface area contributed by atoms with Crippen molar-refractivity contribution in [2.24, 2.45) is 18.4 Å². The minimum Gasteiger partial charge on any atom is -0.493 e. The van der Waals surface area contributed by atoms with Gasteiger partial charge in [0.25, 0.3) is 5.91 Å². The number of aryl methyl sites for hydroxylation is 2. The van der Waals surface area contributed by atoms with E-state index in [2.05, 4.69) is 36.8 Å². The second-order valence-electron chi connectivity index (χ2n) is 13.0. The first-order valence-electron chi connectivity index (χ1n) is 15.0. The normalized spacial score (nSPS) is 16.4. The predicted octanol–water partition coefficient (Wildman–Crippen LogP) is 6.79. The third-order valence-electron chi connectivity index (χ3n) is 8.68. The number of carbonyl (C=O) groups is 1. The number of fused-ring (bicyclic) bond motifs is 2. The Morgan fingerprint density at radius 3 is 2.60 bits per heavy atom. The molecule has 2 aromatic carbocycles. The molecule has 0 saturated carbocycles. The number of para-hydroxylation sites is 1. The van der Waals surface area contributed by atoms with Crippen LogP contribution in [0.4, 0.5) is 5.69 Å². The summed E-state index contributed by atoms with van der Waals surface area (Å²) in [4.78, 5) is 18.3. The Labute approximate surface area is 240 Å². The van der Waals surface area contributed by atoms with Crippen molar-refractivity contribution in [1.82, 2.24) is 14.7 Å². The summed E-state index contributed by atoms with van der Waals surface area (Å²) >= 11 is 0. The van der Waals surface area contributed by atoms with Gasteiger partial charge in [0.2, 0.25) is 0 Å². The van der Waals surface area contributed by atoms with Crippen LogP contribution < -0.4 is 9.64 Å². The molecular weight excluding hydrogens is 496 g/mol. The molecule has 1 fully saturated rings. The topological polar surface area (TPSA) is 50.6 Å². The number of hydrogen-bond acceptors (Lipinski definition) is 4. The fourth-order valence-electron chi connectivity index (χ4n) is 6.06. The fraction of sp³-hybridized carbons (Fsp3) is 0.529. The zero-order valence-electron chi connectivity index (χ0n) is 25.1. The van der Waals surface area contributed by atoms with E-state index in [9.17, 15) is 4.79 Å². The lowest BCUT2D eigenvalue weighted by molar-refractivity contribution is 0.0985. The molecule has 2 aliphatic rings. The number of rotatable bonds is 8. The van der Waals surface area contributed by atoms with Crippen LogP contribution in [0.1, 0.15) is 85.6 Å². The molecule has 6 nitrogen and oxygen atoms in total. The Hall–Kier alpha value is -3.12. The molecule has 2 aliphatic heterocycles. The standard InChI is InChI=1S/C34H46N4O2/c1-25-21-28(33(39)38-24-29-23-35-36(5)31(29)22-27-10-6-7-11-30(27)38)12-13-32(25)40-20-8-9-26-14-17-37(18-15-26)19-16-34(2,3)4/h6-7,10-13,21,23,26H,8-9,14-20,22,24H2,1-5H3. The summed E-state index contributed by atoms with van der Waals surface area (Å²) < 4.78 is 8.11. The molecule has 6 heteroatoms. The van der Waals surface area contributed by atoms with E-state index in [1.54, 1.807) is 0 Å². The average Bonchev–Trinajstić information content (AvgIpc) is 3.18. The van der Waals surface area contributed by atoms with Crippen molar-refractivity contribution in [3.63, 3.8) is 0 Å². The maximum Gasteiger partial charge on any atom is 0.258 e. The van der Waals surface area contributed by atoms with Gasteiger partial charge in [-0.25, -0.2) is 0 Å². The van der Waals surface area contributed by atoms with Crippen LogP contribution in [0.15, 0.2) is 48.7 Å². The highest BCUT2D eigenvalue weighted by molar-refractivity contribution is 6.06. The second-order valence-corrected chi connectivity index (χ2v) is 13.0. The van der Waals surface area contributed by atoms with Gasteiger partial charge in [-0.2, -0.15) is 5.10 Å². The SMILES string of the molecule is Cc1cc(C(=O)N2Cc3cnn(C)c3Cc3ccccc32)ccc1OCCCC1CCN(CCC(C)(C)C)CC1. The first-order chi connectivity index (χ1) is 19.2. The van der Waals surface area contributed by atoms with Gasteiger partial charge in [-0.1, -0.05) is 39.0 Å². The lowest BCUT2D eigenvalue weighted by atomic mass is 9.89. The quantitative estimate of drug-likeness (QED) is 0.294. The zero-order chi connectivity index (χ0) is 28.3. The number of hydrogen-bond donors (Lipinski definition) is 0. The van der Waals surface area contributed by atoms with Crippen molar-refractivity contribution in [2.75, 3.05) is 31.1 Å². The summed E-state index contributed by atoms with van der Waals surface area (Å²) in [5.41, 5.74) is 6.48. The summed E-state index contributed by atoms with van der Waals surface area (Å²) in [6, 6.07) is 14.1. The first-order valence-corrected chi connectivity index (χ1v) is 15.0. The van der Waals surface area contributed by atoms with Crippen molar-refractivity contribution in [3.05, 3.63) is 76.6 Å². The van der Waals surface area contributed by atoms with Crippen LogP contribution in [0.2, 0.25) is 0 Å². The van der Waals surface area contributed by atoms with E-state index in [4.69, 9.17) is 4.74 Å². The lowest BCUT2D eigenvalue weighted by Gasteiger charge is -2.33. The number of piperidine rings is 1. The Morgan fingerprint density at radius 2 is 1.85 bits per heavy atom. The van der Waals surface area contributed by atoms with Gasteiger partial charge in [0.05, 0.1) is 19.3 Å². The molecule has 40 heavy (non-hydrogen) atoms. The monoisotopic (exact) mass is 542 g/mol. The predicted molar refractivity (Wildman–Crippen MR) is 162 cm³/mol.